The molecule has 0 spiro atoms. The first-order valence-corrected chi connectivity index (χ1v) is 10.0. The van der Waals surface area contributed by atoms with Crippen molar-refractivity contribution in [3.63, 3.8) is 0 Å². The lowest BCUT2D eigenvalue weighted by atomic mass is 9.96. The van der Waals surface area contributed by atoms with Gasteiger partial charge in [-0.3, -0.25) is 9.79 Å². The van der Waals surface area contributed by atoms with Gasteiger partial charge >= 0.3 is 0 Å². The van der Waals surface area contributed by atoms with Crippen LogP contribution in [0.2, 0.25) is 0 Å². The maximum atomic E-state index is 13.6. The van der Waals surface area contributed by atoms with Gasteiger partial charge in [0.1, 0.15) is 11.6 Å². The summed E-state index contributed by atoms with van der Waals surface area (Å²) >= 11 is 0. The second-order valence-electron chi connectivity index (χ2n) is 7.38. The van der Waals surface area contributed by atoms with E-state index in [0.717, 1.165) is 30.6 Å². The second kappa shape index (κ2) is 9.49. The van der Waals surface area contributed by atoms with E-state index in [9.17, 15) is 9.18 Å². The van der Waals surface area contributed by atoms with Crippen molar-refractivity contribution in [1.29, 1.82) is 0 Å². The number of aliphatic imine (C=N–C) groups is 1. The number of rotatable bonds is 8. The summed E-state index contributed by atoms with van der Waals surface area (Å²) in [6.45, 7) is 5.64. The number of carbonyl (C=O) groups excluding carboxylic acids is 1. The summed E-state index contributed by atoms with van der Waals surface area (Å²) in [6, 6.07) is 12.3. The number of halogens is 1. The van der Waals surface area contributed by atoms with Crippen LogP contribution in [0.1, 0.15) is 37.4 Å². The van der Waals surface area contributed by atoms with Crippen molar-refractivity contribution in [2.24, 2.45) is 4.99 Å². The molecule has 1 amide bonds. The zero-order valence-corrected chi connectivity index (χ0v) is 17.0. The van der Waals surface area contributed by atoms with Gasteiger partial charge in [-0.25, -0.2) is 9.37 Å². The monoisotopic (exact) mass is 397 g/mol. The maximum Gasteiger partial charge on any atom is 0.227 e. The minimum absolute atomic E-state index is 0.0708. The van der Waals surface area contributed by atoms with Crippen LogP contribution in [0.15, 0.2) is 47.5 Å². The molecule has 29 heavy (non-hydrogen) atoms. The van der Waals surface area contributed by atoms with E-state index in [4.69, 9.17) is 0 Å². The number of benzene rings is 1. The van der Waals surface area contributed by atoms with E-state index in [1.54, 1.807) is 18.2 Å². The van der Waals surface area contributed by atoms with Gasteiger partial charge in [0.25, 0.3) is 0 Å². The molecule has 3 N–H and O–H groups in total. The minimum atomic E-state index is -0.211. The Balaban J connectivity index is 1.51. The van der Waals surface area contributed by atoms with Gasteiger partial charge < -0.3 is 16.0 Å². The Kier molecular flexibility index (Phi) is 6.80. The van der Waals surface area contributed by atoms with Gasteiger partial charge in [0.05, 0.1) is 6.54 Å². The van der Waals surface area contributed by atoms with Crippen LogP contribution in [0.5, 0.6) is 0 Å². The number of amides is 1. The number of pyridine rings is 1. The van der Waals surface area contributed by atoms with Crippen LogP contribution < -0.4 is 16.0 Å². The Bertz CT molecular complexity index is 879. The van der Waals surface area contributed by atoms with Crippen LogP contribution in [0.4, 0.5) is 10.2 Å². The molecule has 3 rings (SSSR count). The molecule has 1 aliphatic carbocycles. The van der Waals surface area contributed by atoms with E-state index in [2.05, 4.69) is 25.9 Å². The van der Waals surface area contributed by atoms with E-state index in [1.165, 1.54) is 6.07 Å². The van der Waals surface area contributed by atoms with Crippen molar-refractivity contribution in [2.45, 2.75) is 38.5 Å². The summed E-state index contributed by atoms with van der Waals surface area (Å²) in [5, 5.41) is 9.19. The molecule has 1 saturated carbocycles. The van der Waals surface area contributed by atoms with Crippen molar-refractivity contribution in [1.82, 2.24) is 15.6 Å². The van der Waals surface area contributed by atoms with Gasteiger partial charge in [0.2, 0.25) is 5.91 Å². The van der Waals surface area contributed by atoms with E-state index in [1.807, 2.05) is 32.0 Å². The van der Waals surface area contributed by atoms with Crippen LogP contribution in [-0.2, 0) is 10.2 Å². The van der Waals surface area contributed by atoms with Crippen molar-refractivity contribution in [3.05, 3.63) is 59.5 Å². The molecule has 1 heterocycles. The molecule has 6 nitrogen and oxygen atoms in total. The molecule has 0 bridgehead atoms. The highest BCUT2D eigenvalue weighted by Gasteiger charge is 2.44. The topological polar surface area (TPSA) is 78.4 Å². The van der Waals surface area contributed by atoms with Gasteiger partial charge in [0, 0.05) is 30.6 Å². The first-order valence-electron chi connectivity index (χ1n) is 10.0. The molecule has 0 radical (unpaired) electrons. The predicted octanol–water partition coefficient (Wildman–Crippen LogP) is 3.14. The Labute approximate surface area is 171 Å². The first kappa shape index (κ1) is 20.8. The minimum Gasteiger partial charge on any atom is -0.357 e. The highest BCUT2D eigenvalue weighted by atomic mass is 19.1. The summed E-state index contributed by atoms with van der Waals surface area (Å²) in [4.78, 5) is 21.1. The highest BCUT2D eigenvalue weighted by Crippen LogP contribution is 2.48. The van der Waals surface area contributed by atoms with E-state index in [0.29, 0.717) is 31.3 Å². The summed E-state index contributed by atoms with van der Waals surface area (Å²) in [6.07, 6.45) is 2.31. The third kappa shape index (κ3) is 6.01. The molecule has 0 aliphatic heterocycles. The van der Waals surface area contributed by atoms with Crippen LogP contribution in [0.3, 0.4) is 0 Å². The fourth-order valence-corrected chi connectivity index (χ4v) is 3.19. The summed E-state index contributed by atoms with van der Waals surface area (Å²) in [5.41, 5.74) is 1.79. The molecule has 7 heteroatoms. The third-order valence-corrected chi connectivity index (χ3v) is 4.97. The number of carbonyl (C=O) groups is 1. The zero-order chi connectivity index (χ0) is 20.7. The molecule has 0 saturated heterocycles. The molecule has 0 atom stereocenters. The average molecular weight is 397 g/mol. The van der Waals surface area contributed by atoms with Crippen molar-refractivity contribution in [2.75, 3.05) is 25.0 Å². The van der Waals surface area contributed by atoms with Gasteiger partial charge in [-0.1, -0.05) is 18.2 Å². The standard InChI is InChI=1S/C22H28FN5O/c1-3-24-21(25-13-10-20(29)28-19-9-4-6-16(2)27-19)26-15-22(11-12-22)17-7-5-8-18(23)14-17/h4-9,14H,3,10-13,15H2,1-2H3,(H2,24,25,26)(H,27,28,29). The lowest BCUT2D eigenvalue weighted by Gasteiger charge is -2.16. The Hall–Kier alpha value is -2.96. The fraction of sp³-hybridized carbons (Fsp3) is 0.409. The normalized spacial score (nSPS) is 14.9. The van der Waals surface area contributed by atoms with Crippen molar-refractivity contribution in [3.8, 4) is 0 Å². The van der Waals surface area contributed by atoms with Crippen LogP contribution in [-0.4, -0.2) is 36.5 Å². The Morgan fingerprint density at radius 3 is 2.69 bits per heavy atom. The van der Waals surface area contributed by atoms with Crippen molar-refractivity contribution >= 4 is 17.7 Å². The zero-order valence-electron chi connectivity index (χ0n) is 17.0. The van der Waals surface area contributed by atoms with Gasteiger partial charge in [-0.2, -0.15) is 0 Å². The SMILES string of the molecule is CCNC(=NCC1(c2cccc(F)c2)CC1)NCCC(=O)Nc1cccc(C)n1. The second-order valence-corrected chi connectivity index (χ2v) is 7.38. The molecule has 1 fully saturated rings. The third-order valence-electron chi connectivity index (χ3n) is 4.97. The van der Waals surface area contributed by atoms with E-state index in [-0.39, 0.29) is 17.1 Å². The summed E-state index contributed by atoms with van der Waals surface area (Å²) in [5.74, 6) is 0.903. The number of nitrogens with zero attached hydrogens (tertiary/aromatic N) is 2. The first-order chi connectivity index (χ1) is 14.0. The molecule has 154 valence electrons. The smallest absolute Gasteiger partial charge is 0.227 e. The van der Waals surface area contributed by atoms with Crippen LogP contribution >= 0.6 is 0 Å². The van der Waals surface area contributed by atoms with E-state index < -0.39 is 0 Å². The largest absolute Gasteiger partial charge is 0.357 e. The summed E-state index contributed by atoms with van der Waals surface area (Å²) in [7, 11) is 0. The number of anilines is 1. The highest BCUT2D eigenvalue weighted by molar-refractivity contribution is 5.90. The molecule has 1 aliphatic rings. The fourth-order valence-electron chi connectivity index (χ4n) is 3.19. The molecular weight excluding hydrogens is 369 g/mol. The van der Waals surface area contributed by atoms with E-state index >= 15 is 0 Å². The number of guanidine groups is 1. The Morgan fingerprint density at radius 1 is 1.21 bits per heavy atom. The molecule has 2 aromatic rings. The molecular formula is C22H28FN5O. The van der Waals surface area contributed by atoms with Crippen LogP contribution in [0.25, 0.3) is 0 Å². The van der Waals surface area contributed by atoms with Gasteiger partial charge in [0.15, 0.2) is 5.96 Å². The predicted molar refractivity (Wildman–Crippen MR) is 114 cm³/mol. The maximum absolute atomic E-state index is 13.6. The lowest BCUT2D eigenvalue weighted by Crippen LogP contribution is -2.39. The number of hydrogen-bond acceptors (Lipinski definition) is 3. The lowest BCUT2D eigenvalue weighted by molar-refractivity contribution is -0.116. The molecule has 1 aromatic carbocycles. The molecule has 0 unspecified atom stereocenters. The van der Waals surface area contributed by atoms with Gasteiger partial charge in [-0.05, 0) is 56.5 Å². The number of hydrogen-bond donors (Lipinski definition) is 3. The number of aryl methyl sites for hydroxylation is 1. The number of aromatic nitrogens is 1. The summed E-state index contributed by atoms with van der Waals surface area (Å²) < 4.78 is 13.6. The average Bonchev–Trinajstić information content (AvgIpc) is 3.47. The van der Waals surface area contributed by atoms with Gasteiger partial charge in [-0.15, -0.1) is 0 Å². The Morgan fingerprint density at radius 2 is 2.00 bits per heavy atom. The molecule has 1 aromatic heterocycles. The number of nitrogens with one attached hydrogen (secondary N) is 3. The van der Waals surface area contributed by atoms with Crippen molar-refractivity contribution < 1.29 is 9.18 Å². The quantitative estimate of drug-likeness (QED) is 0.472. The van der Waals surface area contributed by atoms with Crippen LogP contribution in [0, 0.1) is 12.7 Å².